The van der Waals surface area contributed by atoms with Crippen LogP contribution in [0, 0.1) is 0 Å². The van der Waals surface area contributed by atoms with Crippen LogP contribution in [-0.2, 0) is 30.4 Å². The molecule has 0 radical (unpaired) electrons. The highest BCUT2D eigenvalue weighted by atomic mass is 32.1. The summed E-state index contributed by atoms with van der Waals surface area (Å²) in [7, 11) is 0. The Bertz CT molecular complexity index is 848. The number of phenols is 1. The minimum atomic E-state index is -1.53. The first kappa shape index (κ1) is 26.7. The first-order valence-electron chi connectivity index (χ1n) is 9.44. The van der Waals surface area contributed by atoms with Gasteiger partial charge in [0, 0.05) is 5.75 Å². The molecule has 0 aromatic heterocycles. The average Bonchev–Trinajstić information content (AvgIpc) is 2.72. The van der Waals surface area contributed by atoms with Crippen LogP contribution in [0.1, 0.15) is 18.9 Å². The molecule has 32 heavy (non-hydrogen) atoms. The highest BCUT2D eigenvalue weighted by Crippen LogP contribution is 2.11. The lowest BCUT2D eigenvalue weighted by atomic mass is 10.0. The number of aliphatic carboxylic acids is 2. The van der Waals surface area contributed by atoms with E-state index in [9.17, 15) is 29.1 Å². The minimum absolute atomic E-state index is 0.0344. The molecule has 1 aromatic rings. The number of aromatic hydroxyl groups is 1. The minimum Gasteiger partial charge on any atom is -0.508 e. The Hall–Kier alpha value is -3.32. The van der Waals surface area contributed by atoms with Gasteiger partial charge in [0.05, 0.1) is 12.5 Å². The summed E-state index contributed by atoms with van der Waals surface area (Å²) in [6.07, 6.45) is -0.709. The van der Waals surface area contributed by atoms with Crippen molar-refractivity contribution in [2.75, 3.05) is 5.75 Å². The molecule has 3 amide bonds. The normalized spacial score (nSPS) is 14.3. The fourth-order valence-corrected chi connectivity index (χ4v) is 2.75. The average molecular weight is 471 g/mol. The first-order chi connectivity index (χ1) is 14.9. The highest BCUT2D eigenvalue weighted by molar-refractivity contribution is 7.80. The number of nitrogens with two attached hydrogens (primary N) is 1. The van der Waals surface area contributed by atoms with Gasteiger partial charge in [0.15, 0.2) is 0 Å². The second-order valence-corrected chi connectivity index (χ2v) is 7.31. The Morgan fingerprint density at radius 2 is 1.50 bits per heavy atom. The Morgan fingerprint density at radius 1 is 0.938 bits per heavy atom. The molecule has 1 aromatic carbocycles. The molecule has 0 saturated heterocycles. The Kier molecular flexibility index (Phi) is 10.4. The second-order valence-electron chi connectivity index (χ2n) is 6.95. The van der Waals surface area contributed by atoms with E-state index in [-0.39, 0.29) is 17.9 Å². The van der Waals surface area contributed by atoms with Gasteiger partial charge in [-0.05, 0) is 31.0 Å². The molecule has 176 valence electrons. The molecule has 4 atom stereocenters. The van der Waals surface area contributed by atoms with Crippen LogP contribution in [0.5, 0.6) is 5.75 Å². The maximum absolute atomic E-state index is 12.5. The van der Waals surface area contributed by atoms with Gasteiger partial charge in [0.25, 0.3) is 0 Å². The van der Waals surface area contributed by atoms with Crippen molar-refractivity contribution in [1.29, 1.82) is 0 Å². The molecular formula is C19H26N4O8S. The number of hydrogen-bond donors (Lipinski definition) is 8. The molecule has 0 bridgehead atoms. The molecule has 1 rings (SSSR count). The third-order valence-electron chi connectivity index (χ3n) is 4.29. The van der Waals surface area contributed by atoms with Gasteiger partial charge < -0.3 is 37.0 Å². The number of phenolic OH excluding ortho intramolecular Hbond substituents is 1. The summed E-state index contributed by atoms with van der Waals surface area (Å²) in [5, 5.41) is 34.0. The Balaban J connectivity index is 2.76. The third-order valence-corrected chi connectivity index (χ3v) is 4.65. The van der Waals surface area contributed by atoms with E-state index < -0.39 is 60.2 Å². The van der Waals surface area contributed by atoms with Crippen LogP contribution in [0.15, 0.2) is 24.3 Å². The fourth-order valence-electron chi connectivity index (χ4n) is 2.50. The zero-order valence-electron chi connectivity index (χ0n) is 17.1. The Labute approximate surface area is 189 Å². The molecule has 0 spiro atoms. The molecule has 4 unspecified atom stereocenters. The van der Waals surface area contributed by atoms with Crippen molar-refractivity contribution in [3.63, 3.8) is 0 Å². The zero-order valence-corrected chi connectivity index (χ0v) is 18.0. The molecule has 8 N–H and O–H groups in total. The van der Waals surface area contributed by atoms with Crippen molar-refractivity contribution in [2.45, 2.75) is 43.9 Å². The smallest absolute Gasteiger partial charge is 0.327 e. The molecule has 0 aliphatic heterocycles. The van der Waals surface area contributed by atoms with E-state index in [1.807, 2.05) is 0 Å². The van der Waals surface area contributed by atoms with Gasteiger partial charge in [0.2, 0.25) is 17.7 Å². The van der Waals surface area contributed by atoms with E-state index in [4.69, 9.17) is 15.9 Å². The lowest BCUT2D eigenvalue weighted by molar-refractivity contribution is -0.142. The molecular weight excluding hydrogens is 444 g/mol. The van der Waals surface area contributed by atoms with Crippen LogP contribution >= 0.6 is 12.6 Å². The Morgan fingerprint density at radius 3 is 2.00 bits per heavy atom. The molecule has 0 aliphatic rings. The van der Waals surface area contributed by atoms with Crippen molar-refractivity contribution < 1.29 is 39.3 Å². The largest absolute Gasteiger partial charge is 0.508 e. The van der Waals surface area contributed by atoms with Crippen LogP contribution in [0.3, 0.4) is 0 Å². The number of nitrogens with one attached hydrogen (secondary N) is 3. The van der Waals surface area contributed by atoms with Gasteiger partial charge in [-0.1, -0.05) is 12.1 Å². The topological polar surface area (TPSA) is 208 Å². The molecule has 12 nitrogen and oxygen atoms in total. The van der Waals surface area contributed by atoms with Crippen molar-refractivity contribution >= 4 is 42.3 Å². The number of hydrogen-bond acceptors (Lipinski definition) is 8. The van der Waals surface area contributed by atoms with Crippen molar-refractivity contribution in [3.8, 4) is 5.75 Å². The highest BCUT2D eigenvalue weighted by Gasteiger charge is 2.29. The maximum atomic E-state index is 12.5. The number of rotatable bonds is 12. The number of carboxylic acids is 2. The van der Waals surface area contributed by atoms with Gasteiger partial charge in [-0.25, -0.2) is 4.79 Å². The predicted molar refractivity (Wildman–Crippen MR) is 115 cm³/mol. The van der Waals surface area contributed by atoms with E-state index in [0.29, 0.717) is 5.56 Å². The summed E-state index contributed by atoms with van der Waals surface area (Å²) < 4.78 is 0. The van der Waals surface area contributed by atoms with E-state index >= 15 is 0 Å². The van der Waals surface area contributed by atoms with Gasteiger partial charge >= 0.3 is 11.9 Å². The van der Waals surface area contributed by atoms with Crippen LogP contribution in [0.4, 0.5) is 0 Å². The van der Waals surface area contributed by atoms with E-state index in [1.165, 1.54) is 19.1 Å². The number of amides is 3. The number of benzene rings is 1. The summed E-state index contributed by atoms with van der Waals surface area (Å²) in [6, 6.07) is 0.794. The summed E-state index contributed by atoms with van der Waals surface area (Å²) in [5.74, 6) is -5.42. The van der Waals surface area contributed by atoms with Crippen LogP contribution in [0.25, 0.3) is 0 Å². The van der Waals surface area contributed by atoms with Crippen LogP contribution < -0.4 is 21.7 Å². The number of carboxylic acid groups (broad SMARTS) is 2. The molecule has 0 fully saturated rings. The molecule has 0 saturated carbocycles. The van der Waals surface area contributed by atoms with Gasteiger partial charge in [-0.2, -0.15) is 12.6 Å². The molecule has 0 heterocycles. The number of carbonyl (C=O) groups excluding carboxylic acids is 3. The standard InChI is InChI=1S/C19H26N4O8S/c1-9(16(27)23-14(8-32)19(30)31)21-18(29)13(7-15(25)26)22-17(28)12(20)6-10-2-4-11(24)5-3-10/h2-5,9,12-14,24,32H,6-8,20H2,1H3,(H,21,29)(H,22,28)(H,23,27)(H,25,26)(H,30,31). The number of thiol groups is 1. The van der Waals surface area contributed by atoms with Crippen molar-refractivity contribution in [2.24, 2.45) is 5.73 Å². The monoisotopic (exact) mass is 470 g/mol. The SMILES string of the molecule is CC(NC(=O)C(CC(=O)O)NC(=O)C(N)Cc1ccc(O)cc1)C(=O)NC(CS)C(=O)O. The first-order valence-corrected chi connectivity index (χ1v) is 10.1. The summed E-state index contributed by atoms with van der Waals surface area (Å²) in [5.41, 5.74) is 6.47. The predicted octanol–water partition coefficient (Wildman–Crippen LogP) is -1.77. The third kappa shape index (κ3) is 8.81. The summed E-state index contributed by atoms with van der Waals surface area (Å²) in [6.45, 7) is 1.26. The van der Waals surface area contributed by atoms with Crippen LogP contribution in [0.2, 0.25) is 0 Å². The van der Waals surface area contributed by atoms with Crippen molar-refractivity contribution in [1.82, 2.24) is 16.0 Å². The van der Waals surface area contributed by atoms with Crippen LogP contribution in [-0.4, -0.2) is 74.9 Å². The fraction of sp³-hybridized carbons (Fsp3) is 0.421. The molecule has 0 aliphatic carbocycles. The lowest BCUT2D eigenvalue weighted by Crippen LogP contribution is -2.57. The van der Waals surface area contributed by atoms with Gasteiger partial charge in [-0.15, -0.1) is 0 Å². The number of carbonyl (C=O) groups is 5. The van der Waals surface area contributed by atoms with Gasteiger partial charge in [-0.3, -0.25) is 19.2 Å². The lowest BCUT2D eigenvalue weighted by Gasteiger charge is -2.22. The summed E-state index contributed by atoms with van der Waals surface area (Å²) >= 11 is 3.82. The van der Waals surface area contributed by atoms with Gasteiger partial charge in [0.1, 0.15) is 23.9 Å². The van der Waals surface area contributed by atoms with E-state index in [1.54, 1.807) is 12.1 Å². The van der Waals surface area contributed by atoms with Crippen molar-refractivity contribution in [3.05, 3.63) is 29.8 Å². The molecule has 13 heteroatoms. The van der Waals surface area contributed by atoms with E-state index in [2.05, 4.69) is 28.6 Å². The maximum Gasteiger partial charge on any atom is 0.327 e. The zero-order chi connectivity index (χ0) is 24.4. The quantitative estimate of drug-likeness (QED) is 0.162. The second kappa shape index (κ2) is 12.5. The van der Waals surface area contributed by atoms with E-state index in [0.717, 1.165) is 0 Å². The summed E-state index contributed by atoms with van der Waals surface area (Å²) in [4.78, 5) is 59.0.